The molecule has 7 heteroatoms. The number of nitrogens with one attached hydrogen (secondary N) is 2. The quantitative estimate of drug-likeness (QED) is 0.679. The first-order chi connectivity index (χ1) is 12.0. The first-order valence-corrected chi connectivity index (χ1v) is 8.59. The molecule has 0 bridgehead atoms. The summed E-state index contributed by atoms with van der Waals surface area (Å²) in [6, 6.07) is 12.3. The SMILES string of the molecule is CCOC(=O)c1ccc2nc(NC(=O)Nc3ccc(C)cc3)sc2c1. The highest BCUT2D eigenvalue weighted by molar-refractivity contribution is 7.22. The summed E-state index contributed by atoms with van der Waals surface area (Å²) >= 11 is 1.30. The van der Waals surface area contributed by atoms with Gasteiger partial charge in [-0.1, -0.05) is 29.0 Å². The van der Waals surface area contributed by atoms with Gasteiger partial charge < -0.3 is 10.1 Å². The monoisotopic (exact) mass is 355 g/mol. The van der Waals surface area contributed by atoms with Crippen molar-refractivity contribution in [2.24, 2.45) is 0 Å². The van der Waals surface area contributed by atoms with Crippen molar-refractivity contribution in [2.45, 2.75) is 13.8 Å². The Balaban J connectivity index is 1.72. The molecule has 0 radical (unpaired) electrons. The molecule has 2 aromatic carbocycles. The van der Waals surface area contributed by atoms with Crippen LogP contribution in [0.2, 0.25) is 0 Å². The van der Waals surface area contributed by atoms with Gasteiger partial charge in [-0.2, -0.15) is 0 Å². The number of urea groups is 1. The fourth-order valence-corrected chi connectivity index (χ4v) is 3.12. The standard InChI is InChI=1S/C18H17N3O3S/c1-3-24-16(22)12-6-9-14-15(10-12)25-18(20-14)21-17(23)19-13-7-4-11(2)5-8-13/h4-10H,3H2,1-2H3,(H2,19,20,21,23). The predicted molar refractivity (Wildman–Crippen MR) is 99.4 cm³/mol. The van der Waals surface area contributed by atoms with Crippen molar-refractivity contribution >= 4 is 44.4 Å². The maximum atomic E-state index is 12.1. The molecule has 1 aromatic heterocycles. The van der Waals surface area contributed by atoms with Gasteiger partial charge in [0.15, 0.2) is 5.13 Å². The van der Waals surface area contributed by atoms with Crippen LogP contribution in [0.5, 0.6) is 0 Å². The van der Waals surface area contributed by atoms with Crippen LogP contribution in [0, 0.1) is 6.92 Å². The molecule has 0 saturated heterocycles. The van der Waals surface area contributed by atoms with Gasteiger partial charge >= 0.3 is 12.0 Å². The Morgan fingerprint density at radius 1 is 1.12 bits per heavy atom. The van der Waals surface area contributed by atoms with Gasteiger partial charge in [-0.25, -0.2) is 14.6 Å². The van der Waals surface area contributed by atoms with Gasteiger partial charge in [-0.3, -0.25) is 5.32 Å². The number of ether oxygens (including phenoxy) is 1. The number of esters is 1. The second kappa shape index (κ2) is 7.31. The minimum Gasteiger partial charge on any atom is -0.462 e. The van der Waals surface area contributed by atoms with Crippen LogP contribution in [0.4, 0.5) is 15.6 Å². The fraction of sp³-hybridized carbons (Fsp3) is 0.167. The number of rotatable bonds is 4. The maximum absolute atomic E-state index is 12.1. The Labute approximate surface area is 148 Å². The highest BCUT2D eigenvalue weighted by Crippen LogP contribution is 2.27. The normalized spacial score (nSPS) is 10.5. The van der Waals surface area contributed by atoms with Crippen LogP contribution in [-0.4, -0.2) is 23.6 Å². The van der Waals surface area contributed by atoms with E-state index in [9.17, 15) is 9.59 Å². The zero-order valence-electron chi connectivity index (χ0n) is 13.8. The minimum absolute atomic E-state index is 0.325. The number of carbonyl (C=O) groups is 2. The zero-order valence-corrected chi connectivity index (χ0v) is 14.6. The van der Waals surface area contributed by atoms with E-state index in [0.29, 0.717) is 28.5 Å². The number of benzene rings is 2. The Hall–Kier alpha value is -2.93. The smallest absolute Gasteiger partial charge is 0.338 e. The van der Waals surface area contributed by atoms with Crippen LogP contribution in [-0.2, 0) is 4.74 Å². The molecule has 0 aliphatic carbocycles. The lowest BCUT2D eigenvalue weighted by Gasteiger charge is -2.05. The van der Waals surface area contributed by atoms with E-state index < -0.39 is 0 Å². The lowest BCUT2D eigenvalue weighted by atomic mass is 10.2. The van der Waals surface area contributed by atoms with Gasteiger partial charge in [0.1, 0.15) is 0 Å². The molecule has 3 rings (SSSR count). The van der Waals surface area contributed by atoms with E-state index in [-0.39, 0.29) is 12.0 Å². The van der Waals surface area contributed by atoms with E-state index in [2.05, 4.69) is 15.6 Å². The average molecular weight is 355 g/mol. The van der Waals surface area contributed by atoms with Gasteiger partial charge in [-0.05, 0) is 44.2 Å². The third kappa shape index (κ3) is 4.13. The fourth-order valence-electron chi connectivity index (χ4n) is 2.22. The molecule has 0 saturated carbocycles. The van der Waals surface area contributed by atoms with Crippen LogP contribution >= 0.6 is 11.3 Å². The molecule has 0 fully saturated rings. The van der Waals surface area contributed by atoms with Crippen LogP contribution in [0.3, 0.4) is 0 Å². The Morgan fingerprint density at radius 3 is 2.60 bits per heavy atom. The van der Waals surface area contributed by atoms with Gasteiger partial charge in [0.25, 0.3) is 0 Å². The van der Waals surface area contributed by atoms with Crippen molar-refractivity contribution in [3.63, 3.8) is 0 Å². The van der Waals surface area contributed by atoms with Crippen LogP contribution in [0.25, 0.3) is 10.2 Å². The number of aryl methyl sites for hydroxylation is 1. The van der Waals surface area contributed by atoms with E-state index >= 15 is 0 Å². The van der Waals surface area contributed by atoms with Crippen molar-refractivity contribution in [1.29, 1.82) is 0 Å². The summed E-state index contributed by atoms with van der Waals surface area (Å²) in [5.74, 6) is -0.371. The van der Waals surface area contributed by atoms with Crippen molar-refractivity contribution in [2.75, 3.05) is 17.2 Å². The molecule has 0 spiro atoms. The first-order valence-electron chi connectivity index (χ1n) is 7.77. The topological polar surface area (TPSA) is 80.3 Å². The third-order valence-electron chi connectivity index (χ3n) is 3.43. The number of fused-ring (bicyclic) bond motifs is 1. The van der Waals surface area contributed by atoms with Crippen LogP contribution < -0.4 is 10.6 Å². The summed E-state index contributed by atoms with van der Waals surface area (Å²) in [6.07, 6.45) is 0. The molecule has 0 aliphatic heterocycles. The van der Waals surface area contributed by atoms with Crippen molar-refractivity contribution in [3.05, 3.63) is 53.6 Å². The Morgan fingerprint density at radius 2 is 1.88 bits per heavy atom. The minimum atomic E-state index is -0.371. The van der Waals surface area contributed by atoms with Crippen LogP contribution in [0.1, 0.15) is 22.8 Å². The van der Waals surface area contributed by atoms with E-state index in [0.717, 1.165) is 10.3 Å². The number of anilines is 2. The number of hydrogen-bond donors (Lipinski definition) is 2. The molecule has 25 heavy (non-hydrogen) atoms. The van der Waals surface area contributed by atoms with Gasteiger partial charge in [0, 0.05) is 5.69 Å². The predicted octanol–water partition coefficient (Wildman–Crippen LogP) is 4.43. The molecule has 0 unspecified atom stereocenters. The Kier molecular flexibility index (Phi) is 4.95. The van der Waals surface area contributed by atoms with Crippen LogP contribution in [0.15, 0.2) is 42.5 Å². The highest BCUT2D eigenvalue weighted by Gasteiger charge is 2.12. The van der Waals surface area contributed by atoms with Crippen molar-refractivity contribution in [3.8, 4) is 0 Å². The van der Waals surface area contributed by atoms with E-state index in [1.165, 1.54) is 11.3 Å². The molecular weight excluding hydrogens is 338 g/mol. The number of nitrogens with zero attached hydrogens (tertiary/aromatic N) is 1. The first kappa shape index (κ1) is 16.9. The summed E-state index contributed by atoms with van der Waals surface area (Å²) in [6.45, 7) is 4.07. The number of carbonyl (C=O) groups excluding carboxylic acids is 2. The highest BCUT2D eigenvalue weighted by atomic mass is 32.1. The third-order valence-corrected chi connectivity index (χ3v) is 4.36. The lowest BCUT2D eigenvalue weighted by Crippen LogP contribution is -2.19. The molecule has 128 valence electrons. The zero-order chi connectivity index (χ0) is 17.8. The molecule has 1 heterocycles. The molecular formula is C18H17N3O3S. The van der Waals surface area contributed by atoms with Gasteiger partial charge in [0.2, 0.25) is 0 Å². The molecule has 0 atom stereocenters. The molecule has 6 nitrogen and oxygen atoms in total. The number of thiazole rings is 1. The summed E-state index contributed by atoms with van der Waals surface area (Å²) in [7, 11) is 0. The van der Waals surface area contributed by atoms with Crippen molar-refractivity contribution in [1.82, 2.24) is 4.98 Å². The largest absolute Gasteiger partial charge is 0.462 e. The Bertz CT molecular complexity index is 919. The number of amides is 2. The summed E-state index contributed by atoms with van der Waals surface area (Å²) in [5, 5.41) is 5.92. The molecule has 0 aliphatic rings. The summed E-state index contributed by atoms with van der Waals surface area (Å²) in [4.78, 5) is 28.2. The van der Waals surface area contributed by atoms with Gasteiger partial charge in [0.05, 0.1) is 22.4 Å². The summed E-state index contributed by atoms with van der Waals surface area (Å²) < 4.78 is 5.79. The lowest BCUT2D eigenvalue weighted by molar-refractivity contribution is 0.0526. The number of aromatic nitrogens is 1. The van der Waals surface area contributed by atoms with E-state index in [1.54, 1.807) is 25.1 Å². The average Bonchev–Trinajstić information content (AvgIpc) is 2.98. The second-order valence-electron chi connectivity index (χ2n) is 5.37. The van der Waals surface area contributed by atoms with E-state index in [1.807, 2.05) is 31.2 Å². The molecule has 2 N–H and O–H groups in total. The van der Waals surface area contributed by atoms with Gasteiger partial charge in [-0.15, -0.1) is 0 Å². The number of hydrogen-bond acceptors (Lipinski definition) is 5. The maximum Gasteiger partial charge on any atom is 0.338 e. The van der Waals surface area contributed by atoms with E-state index in [4.69, 9.17) is 4.74 Å². The molecule has 2 amide bonds. The summed E-state index contributed by atoms with van der Waals surface area (Å²) in [5.41, 5.74) is 3.00. The second-order valence-corrected chi connectivity index (χ2v) is 6.40. The molecule has 3 aromatic rings. The van der Waals surface area contributed by atoms with Crippen molar-refractivity contribution < 1.29 is 14.3 Å².